The lowest BCUT2D eigenvalue weighted by molar-refractivity contribution is -0.138. The van der Waals surface area contributed by atoms with Crippen molar-refractivity contribution in [1.82, 2.24) is 0 Å². The van der Waals surface area contributed by atoms with E-state index in [0.717, 1.165) is 125 Å². The Kier molecular flexibility index (Phi) is 82.3. The highest BCUT2D eigenvalue weighted by Crippen LogP contribution is 2.25. The number of benzene rings is 6. The average Bonchev–Trinajstić information content (AvgIpc) is 0.847. The molecule has 0 aromatic heterocycles. The molecule has 0 saturated carbocycles. The molecule has 0 bridgehead atoms. The van der Waals surface area contributed by atoms with Crippen LogP contribution in [0.1, 0.15) is 145 Å². The van der Waals surface area contributed by atoms with E-state index in [4.69, 9.17) is 108 Å². The highest BCUT2D eigenvalue weighted by Gasteiger charge is 2.13. The number of ether oxygens (including phenoxy) is 10. The van der Waals surface area contributed by atoms with Crippen LogP contribution in [0.15, 0.2) is 226 Å². The van der Waals surface area contributed by atoms with Gasteiger partial charge in [0.05, 0.1) is 71.8 Å². The second kappa shape index (κ2) is 88.2. The number of hydrogen-bond donors (Lipinski definition) is 3. The van der Waals surface area contributed by atoms with Crippen molar-refractivity contribution >= 4 is 59.0 Å². The number of carbonyl (C=O) groups is 8. The maximum Gasteiger partial charge on any atom is 0.330 e. The van der Waals surface area contributed by atoms with Crippen LogP contribution < -0.4 is 29.6 Å². The van der Waals surface area contributed by atoms with Gasteiger partial charge < -0.3 is 58.0 Å². The summed E-state index contributed by atoms with van der Waals surface area (Å²) in [5, 5.41) is 34.5. The number of hydrogen-bond acceptors (Lipinski definition) is 20. The van der Waals surface area contributed by atoms with E-state index in [1.807, 2.05) is 107 Å². The zero-order valence-electron chi connectivity index (χ0n) is 73.4. The van der Waals surface area contributed by atoms with Crippen molar-refractivity contribution in [2.45, 2.75) is 126 Å². The first kappa shape index (κ1) is 121. The Labute approximate surface area is 749 Å². The molecule has 0 atom stereocenters. The van der Waals surface area contributed by atoms with Crippen LogP contribution in [0.4, 0.5) is 11.4 Å². The van der Waals surface area contributed by atoms with E-state index in [1.54, 1.807) is 61.6 Å². The van der Waals surface area contributed by atoms with Gasteiger partial charge in [-0.25, -0.2) is 19.2 Å². The normalized spacial score (nSPS) is 8.65. The fourth-order valence-electron chi connectivity index (χ4n) is 8.29. The first-order valence-electron chi connectivity index (χ1n) is 38.2. The molecule has 6 rings (SSSR count). The number of carbonyl (C=O) groups excluding carboxylic acids is 8. The van der Waals surface area contributed by atoms with Crippen LogP contribution >= 0.6 is 0 Å². The van der Waals surface area contributed by atoms with Gasteiger partial charge in [0.1, 0.15) is 29.1 Å². The van der Waals surface area contributed by atoms with Gasteiger partial charge in [-0.2, -0.15) is 24.9 Å². The summed E-state index contributed by atoms with van der Waals surface area (Å²) in [5.74, 6) is -0.206. The van der Waals surface area contributed by atoms with Crippen molar-refractivity contribution in [3.63, 3.8) is 0 Å². The first-order chi connectivity index (χ1) is 62.6. The van der Waals surface area contributed by atoms with Crippen LogP contribution in [0.25, 0.3) is 94.0 Å². The summed E-state index contributed by atoms with van der Waals surface area (Å²) in [6, 6.07) is 42.0. The van der Waals surface area contributed by atoms with Gasteiger partial charge in [-0.05, 0) is 200 Å². The molecule has 6 aromatic carbocycles. The molecule has 0 spiro atoms. The number of anilines is 2. The molecule has 0 aliphatic carbocycles. The fourth-order valence-corrected chi connectivity index (χ4v) is 8.29. The Bertz CT molecular complexity index is 4690. The third-order valence-corrected chi connectivity index (χ3v) is 14.2. The van der Waals surface area contributed by atoms with E-state index < -0.39 is 5.97 Å². The summed E-state index contributed by atoms with van der Waals surface area (Å²) in [6.45, 7) is 30.5. The van der Waals surface area contributed by atoms with Gasteiger partial charge in [-0.15, -0.1) is 27.7 Å². The van der Waals surface area contributed by atoms with Crippen LogP contribution in [0, 0.1) is 51.5 Å². The van der Waals surface area contributed by atoms with Crippen molar-refractivity contribution in [2.75, 3.05) is 77.7 Å². The molecule has 0 unspecified atom stereocenters. The Morgan fingerprint density at radius 1 is 0.362 bits per heavy atom. The number of nitrogens with zero attached hydrogens (tertiary/aromatic N) is 27. The highest BCUT2D eigenvalue weighted by atomic mass is 16.6. The highest BCUT2D eigenvalue weighted by molar-refractivity contribution is 6.05. The van der Waals surface area contributed by atoms with Gasteiger partial charge in [-0.3, -0.25) is 19.2 Å². The van der Waals surface area contributed by atoms with Gasteiger partial charge in [0.25, 0.3) is 32.7 Å². The quantitative estimate of drug-likeness (QED) is 0.00370. The van der Waals surface area contributed by atoms with Crippen LogP contribution in [0.5, 0.6) is 23.0 Å². The monoisotopic (exact) mass is 1800 g/mol. The van der Waals surface area contributed by atoms with Crippen molar-refractivity contribution in [2.24, 2.45) is 41.8 Å². The molecular formula is C82H104N30O18. The van der Waals surface area contributed by atoms with Crippen molar-refractivity contribution in [3.05, 3.63) is 323 Å². The summed E-state index contributed by atoms with van der Waals surface area (Å²) in [7, 11) is 3.35. The number of aryl methyl sites for hydroxylation is 5. The molecular weight excluding hydrogens is 1690 g/mol. The summed E-state index contributed by atoms with van der Waals surface area (Å²) < 4.78 is 50.1. The number of unbranched alkanes of at least 4 members (excludes halogenated alkanes) is 8. The van der Waals surface area contributed by atoms with Gasteiger partial charge in [0.2, 0.25) is 0 Å². The van der Waals surface area contributed by atoms with Gasteiger partial charge >= 0.3 is 35.8 Å². The van der Waals surface area contributed by atoms with Crippen molar-refractivity contribution in [3.8, 4) is 29.1 Å². The Hall–Kier alpha value is -17.2. The third-order valence-electron chi connectivity index (χ3n) is 14.2. The molecule has 48 nitrogen and oxygen atoms in total. The predicted octanol–water partition coefficient (Wildman–Crippen LogP) is 23.1. The number of nitriles is 1. The molecule has 0 aliphatic rings. The number of azide groups is 8. The molecule has 2 amide bonds. The lowest BCUT2D eigenvalue weighted by Gasteiger charge is -2.10. The summed E-state index contributed by atoms with van der Waals surface area (Å²) >= 11 is 0. The second-order valence-corrected chi connectivity index (χ2v) is 24.2. The van der Waals surface area contributed by atoms with E-state index in [2.05, 4.69) is 125 Å². The number of rotatable bonds is 40. The zero-order valence-corrected chi connectivity index (χ0v) is 73.4. The maximum absolute atomic E-state index is 12.2. The number of esters is 6. The van der Waals surface area contributed by atoms with E-state index in [-0.39, 0.29) is 53.0 Å². The summed E-state index contributed by atoms with van der Waals surface area (Å²) in [6.07, 6.45) is 16.4. The minimum absolute atomic E-state index is 0.168. The van der Waals surface area contributed by atoms with Crippen molar-refractivity contribution < 1.29 is 85.7 Å². The smallest absolute Gasteiger partial charge is 0.330 e. The first-order valence-corrected chi connectivity index (χ1v) is 38.2. The summed E-state index contributed by atoms with van der Waals surface area (Å²) in [5.41, 5.74) is 79.2. The summed E-state index contributed by atoms with van der Waals surface area (Å²) in [4.78, 5) is 107. The van der Waals surface area contributed by atoms with E-state index in [1.165, 1.54) is 61.4 Å². The second-order valence-electron chi connectivity index (χ2n) is 24.2. The van der Waals surface area contributed by atoms with E-state index >= 15 is 0 Å². The number of nitrogens with one attached hydrogen (secondary N) is 3. The van der Waals surface area contributed by atoms with Crippen LogP contribution in [0.3, 0.4) is 0 Å². The Balaban J connectivity index is -0.000000458. The fraction of sp³-hybridized carbons (Fsp3) is 0.354. The zero-order chi connectivity index (χ0) is 98.4. The molecule has 690 valence electrons. The molecule has 0 saturated heterocycles. The predicted molar refractivity (Wildman–Crippen MR) is 483 cm³/mol. The van der Waals surface area contributed by atoms with Crippen LogP contribution in [-0.4, -0.2) is 115 Å². The largest absolute Gasteiger partial charge is 0.494 e. The van der Waals surface area contributed by atoms with E-state index in [0.29, 0.717) is 67.9 Å². The Morgan fingerprint density at radius 2 is 0.600 bits per heavy atom. The van der Waals surface area contributed by atoms with Gasteiger partial charge in [0, 0.05) is 108 Å². The number of methoxy groups -OCH3 is 2. The molecule has 0 fully saturated rings. The minimum Gasteiger partial charge on any atom is -0.494 e. The standard InChI is InChI=1S/C17H14N2O3.C17H17NO3.C16H22O3.C14H18O3.C10H18O3.C8H14O3.4N6.HN3/c1-11-3-5-13(6-4-11)17(21)19-16-8-7-15(22-12(2)20)9-14(16)10-18;1-11-4-6-14(7-5-11)17(20)18-16-9-8-15(10-12(16)2)21-13(3)19;1-3-16(17)19-13-7-5-4-6-12-18-15-10-8-14(2)9-11-15;1-3-14(15)17-11-5-4-10-16-13-8-6-12(2)7-9-13;1-3-10(11)13-9-7-5-4-6-8-12-2;1-3-8(9)11-7-5-4-6-10-2;4*1-3-5-6-4-2;1-3-2/h3-9H,1-2H3,(H,19,21);4-10H,1-3H3,(H,18,20);3,8-11H,1,4-7,12-13H2,2H3;3,6-9H,1,4-5,10-11H2,2H3;3H,1,4-9H2,2H3;3H,1,4-7H2,2H3;;;;;1H. The molecule has 3 N–H and O–H groups in total. The average molecular weight is 1800 g/mol. The van der Waals surface area contributed by atoms with Crippen LogP contribution in [0.2, 0.25) is 0 Å². The topological polar surface area (TPSA) is 727 Å². The van der Waals surface area contributed by atoms with Gasteiger partial charge in [-0.1, -0.05) is 126 Å². The molecule has 0 aliphatic heterocycles. The van der Waals surface area contributed by atoms with E-state index in [9.17, 15) is 38.4 Å². The maximum atomic E-state index is 12.2. The van der Waals surface area contributed by atoms with Crippen LogP contribution in [-0.2, 0) is 57.2 Å². The molecule has 0 heterocycles. The lowest BCUT2D eigenvalue weighted by atomic mass is 10.1. The number of amides is 2. The molecule has 0 radical (unpaired) electrons. The molecule has 130 heavy (non-hydrogen) atoms. The minimum atomic E-state index is -0.472. The van der Waals surface area contributed by atoms with Crippen molar-refractivity contribution in [1.29, 1.82) is 10.8 Å². The Morgan fingerprint density at radius 3 is 0.869 bits per heavy atom. The SMILES string of the molecule is C=CC(=O)OCCCCCCOC.C=CC(=O)OCCCCCCOc1ccc(C)cc1.C=CC(=O)OCCCCOC.C=CC(=O)OCCCCOc1ccc(C)cc1.CC(=O)Oc1ccc(NC(=O)c2ccc(C)cc2)c(C#N)c1.CC(=O)Oc1ccc(NC(=O)c2ccc(C)cc2)c(C)c1.[N-]=[N+]=N.[N-]=[N+]=NN=[N+]=[N-].[N-]=[N+]=NN=[N+]=[N-].[N-]=[N+]=NN=[N+]=[N-].[N-]=[N+]=NN=[N+]=[N-]. The third kappa shape index (κ3) is 78.1. The lowest BCUT2D eigenvalue weighted by Crippen LogP contribution is -2.13. The molecule has 48 heteroatoms. The molecule has 6 aromatic rings. The van der Waals surface area contributed by atoms with Gasteiger partial charge in [0.15, 0.2) is 0 Å².